The Morgan fingerprint density at radius 2 is 2.18 bits per heavy atom. The molecule has 0 unspecified atom stereocenters. The number of thiazole rings is 1. The molecule has 0 spiro atoms. The SMILES string of the molecule is Cc1nc(Cn2c(O)c(C)c(=O)[nH]c2=O)cs1. The maximum atomic E-state index is 11.5. The molecule has 0 atom stereocenters. The van der Waals surface area contributed by atoms with Crippen LogP contribution in [-0.2, 0) is 6.54 Å². The molecule has 2 aromatic rings. The van der Waals surface area contributed by atoms with Crippen molar-refractivity contribution in [3.05, 3.63) is 42.5 Å². The van der Waals surface area contributed by atoms with E-state index in [1.165, 1.54) is 18.3 Å². The second kappa shape index (κ2) is 4.17. The van der Waals surface area contributed by atoms with Crippen molar-refractivity contribution in [2.75, 3.05) is 0 Å². The zero-order chi connectivity index (χ0) is 12.6. The van der Waals surface area contributed by atoms with Crippen LogP contribution < -0.4 is 11.2 Å². The zero-order valence-electron chi connectivity index (χ0n) is 9.35. The van der Waals surface area contributed by atoms with Gasteiger partial charge in [0.1, 0.15) is 0 Å². The van der Waals surface area contributed by atoms with Gasteiger partial charge in [-0.2, -0.15) is 0 Å². The van der Waals surface area contributed by atoms with E-state index in [9.17, 15) is 14.7 Å². The monoisotopic (exact) mass is 253 g/mol. The lowest BCUT2D eigenvalue weighted by Gasteiger charge is -2.07. The van der Waals surface area contributed by atoms with Crippen LogP contribution in [0.5, 0.6) is 5.88 Å². The van der Waals surface area contributed by atoms with E-state index in [-0.39, 0.29) is 18.0 Å². The molecule has 0 saturated carbocycles. The van der Waals surface area contributed by atoms with Gasteiger partial charge in [-0.05, 0) is 13.8 Å². The molecule has 7 heteroatoms. The predicted octanol–water partition coefficient (Wildman–Crippen LogP) is 0.364. The van der Waals surface area contributed by atoms with Gasteiger partial charge in [0, 0.05) is 5.38 Å². The van der Waals surface area contributed by atoms with Gasteiger partial charge in [-0.3, -0.25) is 14.3 Å². The van der Waals surface area contributed by atoms with Crippen molar-refractivity contribution in [3.8, 4) is 5.88 Å². The maximum Gasteiger partial charge on any atom is 0.331 e. The van der Waals surface area contributed by atoms with Gasteiger partial charge in [-0.1, -0.05) is 0 Å². The van der Waals surface area contributed by atoms with Gasteiger partial charge in [0.15, 0.2) is 0 Å². The largest absolute Gasteiger partial charge is 0.494 e. The first kappa shape index (κ1) is 11.6. The number of nitrogens with one attached hydrogen (secondary N) is 1. The molecule has 2 N–H and O–H groups in total. The normalized spacial score (nSPS) is 10.7. The lowest BCUT2D eigenvalue weighted by Crippen LogP contribution is -2.31. The Labute approximate surface area is 100 Å². The van der Waals surface area contributed by atoms with E-state index in [1.54, 1.807) is 0 Å². The number of aromatic hydroxyl groups is 1. The summed E-state index contributed by atoms with van der Waals surface area (Å²) < 4.78 is 1.09. The molecular weight excluding hydrogens is 242 g/mol. The number of aryl methyl sites for hydroxylation is 1. The highest BCUT2D eigenvalue weighted by Gasteiger charge is 2.11. The summed E-state index contributed by atoms with van der Waals surface area (Å²) in [4.78, 5) is 29.1. The number of H-pyrrole nitrogens is 1. The minimum absolute atomic E-state index is 0.122. The van der Waals surface area contributed by atoms with Crippen LogP contribution in [0, 0.1) is 13.8 Å². The molecule has 0 radical (unpaired) electrons. The van der Waals surface area contributed by atoms with E-state index in [0.717, 1.165) is 9.57 Å². The Kier molecular flexibility index (Phi) is 2.84. The fourth-order valence-corrected chi connectivity index (χ4v) is 2.05. The number of hydrogen-bond donors (Lipinski definition) is 2. The van der Waals surface area contributed by atoms with Crippen LogP contribution in [0.15, 0.2) is 15.0 Å². The van der Waals surface area contributed by atoms with Crippen molar-refractivity contribution in [3.63, 3.8) is 0 Å². The zero-order valence-corrected chi connectivity index (χ0v) is 10.2. The molecule has 0 aliphatic carbocycles. The average molecular weight is 253 g/mol. The second-order valence-electron chi connectivity index (χ2n) is 3.65. The maximum absolute atomic E-state index is 11.5. The van der Waals surface area contributed by atoms with Crippen LogP contribution in [0.2, 0.25) is 0 Å². The highest BCUT2D eigenvalue weighted by atomic mass is 32.1. The van der Waals surface area contributed by atoms with Crippen LogP contribution in [0.3, 0.4) is 0 Å². The van der Waals surface area contributed by atoms with Crippen LogP contribution in [0.4, 0.5) is 0 Å². The minimum atomic E-state index is -0.635. The first-order chi connectivity index (χ1) is 7.99. The number of nitrogens with zero attached hydrogens (tertiary/aromatic N) is 2. The molecular formula is C10H11N3O3S. The number of aromatic nitrogens is 3. The van der Waals surface area contributed by atoms with Crippen molar-refractivity contribution in [2.45, 2.75) is 20.4 Å². The van der Waals surface area contributed by atoms with Gasteiger partial charge in [0.25, 0.3) is 5.56 Å². The van der Waals surface area contributed by atoms with E-state index >= 15 is 0 Å². The lowest BCUT2D eigenvalue weighted by molar-refractivity contribution is 0.403. The molecule has 90 valence electrons. The molecule has 0 aliphatic rings. The molecule has 0 aliphatic heterocycles. The summed E-state index contributed by atoms with van der Waals surface area (Å²) in [7, 11) is 0. The topological polar surface area (TPSA) is 88.0 Å². The molecule has 0 saturated heterocycles. The Balaban J connectivity index is 2.50. The van der Waals surface area contributed by atoms with E-state index in [4.69, 9.17) is 0 Å². The third kappa shape index (κ3) is 2.14. The van der Waals surface area contributed by atoms with Crippen LogP contribution >= 0.6 is 11.3 Å². The van der Waals surface area contributed by atoms with Gasteiger partial charge < -0.3 is 5.11 Å². The Hall–Kier alpha value is -1.89. The third-order valence-corrected chi connectivity index (χ3v) is 3.21. The summed E-state index contributed by atoms with van der Waals surface area (Å²) in [5, 5.41) is 12.4. The quantitative estimate of drug-likeness (QED) is 0.809. The Morgan fingerprint density at radius 1 is 1.47 bits per heavy atom. The highest BCUT2D eigenvalue weighted by molar-refractivity contribution is 7.09. The van der Waals surface area contributed by atoms with Gasteiger partial charge in [-0.15, -0.1) is 11.3 Å². The molecule has 0 amide bonds. The molecule has 2 rings (SSSR count). The predicted molar refractivity (Wildman–Crippen MR) is 63.7 cm³/mol. The third-order valence-electron chi connectivity index (χ3n) is 2.38. The van der Waals surface area contributed by atoms with Gasteiger partial charge >= 0.3 is 5.69 Å². The molecule has 2 heterocycles. The Bertz CT molecular complexity index is 668. The van der Waals surface area contributed by atoms with Crippen LogP contribution in [-0.4, -0.2) is 19.6 Å². The van der Waals surface area contributed by atoms with Gasteiger partial charge in [0.2, 0.25) is 5.88 Å². The fraction of sp³-hybridized carbons (Fsp3) is 0.300. The molecule has 0 bridgehead atoms. The van der Waals surface area contributed by atoms with E-state index in [1.807, 2.05) is 12.3 Å². The summed E-state index contributed by atoms with van der Waals surface area (Å²) in [6.07, 6.45) is 0. The number of aromatic amines is 1. The van der Waals surface area contributed by atoms with Crippen molar-refractivity contribution in [1.82, 2.24) is 14.5 Å². The molecule has 17 heavy (non-hydrogen) atoms. The molecule has 2 aromatic heterocycles. The standard InChI is InChI=1S/C10H11N3O3S/c1-5-8(14)12-10(16)13(9(5)15)3-7-4-17-6(2)11-7/h4,15H,3H2,1-2H3,(H,12,14,16). The molecule has 0 aromatic carbocycles. The second-order valence-corrected chi connectivity index (χ2v) is 4.71. The lowest BCUT2D eigenvalue weighted by atomic mass is 10.3. The molecule has 6 nitrogen and oxygen atoms in total. The smallest absolute Gasteiger partial charge is 0.331 e. The van der Waals surface area contributed by atoms with Crippen LogP contribution in [0.25, 0.3) is 0 Å². The summed E-state index contributed by atoms with van der Waals surface area (Å²) in [6, 6.07) is 0. The van der Waals surface area contributed by atoms with E-state index in [2.05, 4.69) is 9.97 Å². The first-order valence-corrected chi connectivity index (χ1v) is 5.80. The fourth-order valence-electron chi connectivity index (χ4n) is 1.45. The number of hydrogen-bond acceptors (Lipinski definition) is 5. The molecule has 0 fully saturated rings. The summed E-state index contributed by atoms with van der Waals surface area (Å²) in [5.74, 6) is -0.315. The highest BCUT2D eigenvalue weighted by Crippen LogP contribution is 2.13. The summed E-state index contributed by atoms with van der Waals surface area (Å²) >= 11 is 1.46. The van der Waals surface area contributed by atoms with Crippen LogP contribution in [0.1, 0.15) is 16.3 Å². The number of rotatable bonds is 2. The average Bonchev–Trinajstić information content (AvgIpc) is 2.67. The van der Waals surface area contributed by atoms with Gasteiger partial charge in [0.05, 0.1) is 22.8 Å². The van der Waals surface area contributed by atoms with Crippen molar-refractivity contribution in [1.29, 1.82) is 0 Å². The van der Waals surface area contributed by atoms with Crippen molar-refractivity contribution < 1.29 is 5.11 Å². The van der Waals surface area contributed by atoms with Gasteiger partial charge in [-0.25, -0.2) is 9.78 Å². The minimum Gasteiger partial charge on any atom is -0.494 e. The van der Waals surface area contributed by atoms with E-state index < -0.39 is 11.2 Å². The first-order valence-electron chi connectivity index (χ1n) is 4.92. The Morgan fingerprint density at radius 3 is 2.76 bits per heavy atom. The summed E-state index contributed by atoms with van der Waals surface area (Å²) in [5.41, 5.74) is -0.408. The summed E-state index contributed by atoms with van der Waals surface area (Å²) in [6.45, 7) is 3.46. The van der Waals surface area contributed by atoms with E-state index in [0.29, 0.717) is 5.69 Å². The van der Waals surface area contributed by atoms with Crippen molar-refractivity contribution >= 4 is 11.3 Å². The van der Waals surface area contributed by atoms with Crippen molar-refractivity contribution in [2.24, 2.45) is 0 Å².